The van der Waals surface area contributed by atoms with Crippen molar-refractivity contribution in [2.45, 2.75) is 52.6 Å². The molecule has 0 saturated carbocycles. The van der Waals surface area contributed by atoms with Crippen LogP contribution in [0.25, 0.3) is 0 Å². The summed E-state index contributed by atoms with van der Waals surface area (Å²) < 4.78 is 0. The molecule has 1 N–H and O–H groups in total. The predicted molar refractivity (Wildman–Crippen MR) is 60.1 cm³/mol. The van der Waals surface area contributed by atoms with E-state index in [1.165, 1.54) is 19.4 Å². The molecule has 0 aromatic heterocycles. The van der Waals surface area contributed by atoms with Crippen molar-refractivity contribution < 1.29 is 0 Å². The summed E-state index contributed by atoms with van der Waals surface area (Å²) in [4.78, 5) is 2.51. The van der Waals surface area contributed by atoms with Crippen LogP contribution in [0.4, 0.5) is 0 Å². The fourth-order valence-corrected chi connectivity index (χ4v) is 1.66. The average Bonchev–Trinajstić information content (AvgIpc) is 2.11. The second-order valence-electron chi connectivity index (χ2n) is 3.96. The minimum absolute atomic E-state index is 0.660. The van der Waals surface area contributed by atoms with Crippen LogP contribution < -0.4 is 5.32 Å². The van der Waals surface area contributed by atoms with E-state index in [2.05, 4.69) is 45.0 Å². The molecule has 1 unspecified atom stereocenters. The Morgan fingerprint density at radius 3 is 2.15 bits per heavy atom. The highest BCUT2D eigenvalue weighted by Gasteiger charge is 2.12. The summed E-state index contributed by atoms with van der Waals surface area (Å²) in [7, 11) is 2.06. The van der Waals surface area contributed by atoms with E-state index in [4.69, 9.17) is 0 Å². The summed E-state index contributed by atoms with van der Waals surface area (Å²) >= 11 is 0. The third kappa shape index (κ3) is 5.27. The average molecular weight is 186 g/mol. The van der Waals surface area contributed by atoms with Gasteiger partial charge >= 0.3 is 0 Å². The van der Waals surface area contributed by atoms with Gasteiger partial charge in [0.05, 0.1) is 0 Å². The number of hydrogen-bond acceptors (Lipinski definition) is 2. The maximum atomic E-state index is 3.38. The second kappa shape index (κ2) is 7.34. The fourth-order valence-electron chi connectivity index (χ4n) is 1.66. The van der Waals surface area contributed by atoms with E-state index in [0.717, 1.165) is 6.54 Å². The molecule has 0 aromatic carbocycles. The van der Waals surface area contributed by atoms with Crippen LogP contribution in [0.2, 0.25) is 0 Å². The van der Waals surface area contributed by atoms with Crippen molar-refractivity contribution in [1.29, 1.82) is 0 Å². The Morgan fingerprint density at radius 2 is 1.85 bits per heavy atom. The zero-order valence-electron chi connectivity index (χ0n) is 9.93. The molecule has 0 radical (unpaired) electrons. The summed E-state index contributed by atoms with van der Waals surface area (Å²) in [6.45, 7) is 11.3. The van der Waals surface area contributed by atoms with Gasteiger partial charge in [0.25, 0.3) is 0 Å². The molecule has 80 valence electrons. The van der Waals surface area contributed by atoms with E-state index in [1.54, 1.807) is 0 Å². The molecule has 2 heteroatoms. The largest absolute Gasteiger partial charge is 0.316 e. The first kappa shape index (κ1) is 12.9. The monoisotopic (exact) mass is 186 g/mol. The summed E-state index contributed by atoms with van der Waals surface area (Å²) in [6, 6.07) is 1.32. The Morgan fingerprint density at radius 1 is 1.23 bits per heavy atom. The second-order valence-corrected chi connectivity index (χ2v) is 3.96. The van der Waals surface area contributed by atoms with Crippen LogP contribution in [-0.2, 0) is 0 Å². The molecule has 0 aromatic rings. The molecular weight excluding hydrogens is 160 g/mol. The van der Waals surface area contributed by atoms with Crippen LogP contribution in [0, 0.1) is 0 Å². The first-order valence-electron chi connectivity index (χ1n) is 5.56. The smallest absolute Gasteiger partial charge is 0.0192 e. The third-order valence-corrected chi connectivity index (χ3v) is 2.64. The minimum Gasteiger partial charge on any atom is -0.316 e. The molecule has 0 rings (SSSR count). The van der Waals surface area contributed by atoms with Crippen molar-refractivity contribution in [3.8, 4) is 0 Å². The Bertz CT molecular complexity index is 113. The Kier molecular flexibility index (Phi) is 7.29. The standard InChI is InChI=1S/C11H26N2/c1-6-8-11(12-5)9-13(7-2)10(3)4/h10-12H,6-9H2,1-5H3. The van der Waals surface area contributed by atoms with E-state index < -0.39 is 0 Å². The van der Waals surface area contributed by atoms with E-state index in [-0.39, 0.29) is 0 Å². The predicted octanol–water partition coefficient (Wildman–Crippen LogP) is 2.10. The van der Waals surface area contributed by atoms with Gasteiger partial charge in [-0.1, -0.05) is 20.3 Å². The quantitative estimate of drug-likeness (QED) is 0.655. The molecule has 0 aliphatic heterocycles. The van der Waals surface area contributed by atoms with Crippen LogP contribution in [0.3, 0.4) is 0 Å². The lowest BCUT2D eigenvalue weighted by molar-refractivity contribution is 0.206. The molecular formula is C11H26N2. The number of rotatable bonds is 7. The van der Waals surface area contributed by atoms with Crippen LogP contribution >= 0.6 is 0 Å². The van der Waals surface area contributed by atoms with Crippen molar-refractivity contribution in [2.24, 2.45) is 0 Å². The molecule has 0 aliphatic carbocycles. The highest BCUT2D eigenvalue weighted by Crippen LogP contribution is 2.03. The zero-order valence-corrected chi connectivity index (χ0v) is 9.93. The fraction of sp³-hybridized carbons (Fsp3) is 1.00. The summed E-state index contributed by atoms with van der Waals surface area (Å²) in [5.74, 6) is 0. The Balaban J connectivity index is 3.87. The van der Waals surface area contributed by atoms with Crippen molar-refractivity contribution in [3.05, 3.63) is 0 Å². The number of likely N-dealkylation sites (N-methyl/N-ethyl adjacent to an activating group) is 2. The maximum Gasteiger partial charge on any atom is 0.0192 e. The first-order valence-corrected chi connectivity index (χ1v) is 5.56. The highest BCUT2D eigenvalue weighted by molar-refractivity contribution is 4.71. The topological polar surface area (TPSA) is 15.3 Å². The molecule has 0 aliphatic rings. The lowest BCUT2D eigenvalue weighted by Gasteiger charge is -2.29. The van der Waals surface area contributed by atoms with Gasteiger partial charge in [-0.15, -0.1) is 0 Å². The summed E-state index contributed by atoms with van der Waals surface area (Å²) in [5.41, 5.74) is 0. The van der Waals surface area contributed by atoms with E-state index in [0.29, 0.717) is 12.1 Å². The van der Waals surface area contributed by atoms with E-state index >= 15 is 0 Å². The Labute approximate surface area is 83.7 Å². The zero-order chi connectivity index (χ0) is 10.3. The van der Waals surface area contributed by atoms with Gasteiger partial charge in [0.15, 0.2) is 0 Å². The van der Waals surface area contributed by atoms with E-state index in [9.17, 15) is 0 Å². The van der Waals surface area contributed by atoms with Crippen molar-refractivity contribution in [2.75, 3.05) is 20.1 Å². The van der Waals surface area contributed by atoms with Crippen LogP contribution in [0.15, 0.2) is 0 Å². The van der Waals surface area contributed by atoms with Crippen LogP contribution in [0.1, 0.15) is 40.5 Å². The van der Waals surface area contributed by atoms with Gasteiger partial charge < -0.3 is 5.32 Å². The Hall–Kier alpha value is -0.0800. The third-order valence-electron chi connectivity index (χ3n) is 2.64. The van der Waals surface area contributed by atoms with Gasteiger partial charge in [-0.25, -0.2) is 0 Å². The van der Waals surface area contributed by atoms with Crippen molar-refractivity contribution in [3.63, 3.8) is 0 Å². The van der Waals surface area contributed by atoms with Crippen molar-refractivity contribution in [1.82, 2.24) is 10.2 Å². The molecule has 0 bridgehead atoms. The number of nitrogens with zero attached hydrogens (tertiary/aromatic N) is 1. The highest BCUT2D eigenvalue weighted by atomic mass is 15.2. The van der Waals surface area contributed by atoms with Gasteiger partial charge in [-0.05, 0) is 33.9 Å². The number of hydrogen-bond donors (Lipinski definition) is 1. The SMILES string of the molecule is CCCC(CN(CC)C(C)C)NC. The molecule has 2 nitrogen and oxygen atoms in total. The molecule has 0 amide bonds. The van der Waals surface area contributed by atoms with E-state index in [1.807, 2.05) is 0 Å². The summed E-state index contributed by atoms with van der Waals surface area (Å²) in [5, 5.41) is 3.38. The summed E-state index contributed by atoms with van der Waals surface area (Å²) in [6.07, 6.45) is 2.54. The maximum absolute atomic E-state index is 3.38. The normalized spacial score (nSPS) is 14.1. The molecule has 0 saturated heterocycles. The molecule has 0 heterocycles. The van der Waals surface area contributed by atoms with Gasteiger partial charge in [-0.2, -0.15) is 0 Å². The molecule has 0 spiro atoms. The lowest BCUT2D eigenvalue weighted by atomic mass is 10.1. The minimum atomic E-state index is 0.660. The molecule has 13 heavy (non-hydrogen) atoms. The van der Waals surface area contributed by atoms with Crippen molar-refractivity contribution >= 4 is 0 Å². The van der Waals surface area contributed by atoms with Gasteiger partial charge in [0, 0.05) is 18.6 Å². The molecule has 1 atom stereocenters. The van der Waals surface area contributed by atoms with Gasteiger partial charge in [0.1, 0.15) is 0 Å². The molecule has 0 fully saturated rings. The first-order chi connectivity index (χ1) is 6.15. The van der Waals surface area contributed by atoms with Crippen LogP contribution in [0.5, 0.6) is 0 Å². The van der Waals surface area contributed by atoms with Gasteiger partial charge in [-0.3, -0.25) is 4.90 Å². The number of nitrogens with one attached hydrogen (secondary N) is 1. The lowest BCUT2D eigenvalue weighted by Crippen LogP contribution is -2.42. The van der Waals surface area contributed by atoms with Crippen LogP contribution in [-0.4, -0.2) is 37.1 Å². The van der Waals surface area contributed by atoms with Gasteiger partial charge in [0.2, 0.25) is 0 Å².